The van der Waals surface area contributed by atoms with E-state index >= 15 is 0 Å². The molecule has 214 valence electrons. The largest absolute Gasteiger partial charge is 0.481 e. The topological polar surface area (TPSA) is 159 Å². The normalized spacial score (nSPS) is 14.2. The zero-order valence-electron chi connectivity index (χ0n) is 22.2. The molecule has 0 saturated heterocycles. The molecule has 3 unspecified atom stereocenters. The van der Waals surface area contributed by atoms with Gasteiger partial charge in [0.15, 0.2) is 5.78 Å². The van der Waals surface area contributed by atoms with Crippen LogP contribution in [0.4, 0.5) is 4.79 Å². The maximum Gasteiger partial charge on any atom is 0.407 e. The second kappa shape index (κ2) is 14.5. The summed E-state index contributed by atoms with van der Waals surface area (Å²) in [7, 11) is 0. The Hall–Kier alpha value is -3.86. The summed E-state index contributed by atoms with van der Waals surface area (Å²) in [5.74, 6) is -5.02. The van der Waals surface area contributed by atoms with E-state index < -0.39 is 60.6 Å². The predicted molar refractivity (Wildman–Crippen MR) is 150 cm³/mol. The van der Waals surface area contributed by atoms with E-state index in [1.54, 1.807) is 6.92 Å². The van der Waals surface area contributed by atoms with Crippen LogP contribution in [0.2, 0.25) is 0 Å². The first-order valence-corrected chi connectivity index (χ1v) is 13.8. The Morgan fingerprint density at radius 2 is 1.50 bits per heavy atom. The van der Waals surface area contributed by atoms with Crippen molar-refractivity contribution in [3.05, 3.63) is 59.7 Å². The Morgan fingerprint density at radius 1 is 0.900 bits per heavy atom. The highest BCUT2D eigenvalue weighted by atomic mass is 32.1. The van der Waals surface area contributed by atoms with Crippen molar-refractivity contribution >= 4 is 42.4 Å². The highest BCUT2D eigenvalue weighted by Crippen LogP contribution is 2.44. The number of nitrogens with one attached hydrogen (secondary N) is 2. The number of amides is 2. The average molecular weight is 571 g/mol. The molecule has 40 heavy (non-hydrogen) atoms. The maximum atomic E-state index is 13.2. The fourth-order valence-corrected chi connectivity index (χ4v) is 5.06. The van der Waals surface area contributed by atoms with Crippen LogP contribution in [0.1, 0.15) is 56.1 Å². The zero-order valence-corrected chi connectivity index (χ0v) is 23.1. The number of rotatable bonds is 15. The fraction of sp³-hybridized carbons (Fsp3) is 0.414. The molecule has 0 heterocycles. The second-order valence-corrected chi connectivity index (χ2v) is 10.1. The summed E-state index contributed by atoms with van der Waals surface area (Å²) in [5.41, 5.74) is 4.22. The van der Waals surface area contributed by atoms with E-state index in [1.165, 1.54) is 0 Å². The Balaban J connectivity index is 1.67. The smallest absolute Gasteiger partial charge is 0.407 e. The summed E-state index contributed by atoms with van der Waals surface area (Å²) in [4.78, 5) is 61.4. The number of carbonyl (C=O) groups is 5. The number of alkyl carbamates (subject to hydrolysis) is 1. The number of carboxylic acid groups (broad SMARTS) is 2. The molecule has 0 saturated carbocycles. The molecule has 0 aromatic heterocycles. The van der Waals surface area contributed by atoms with Gasteiger partial charge in [-0.05, 0) is 47.3 Å². The number of fused-ring (bicyclic) bond motifs is 3. The minimum Gasteiger partial charge on any atom is -0.481 e. The number of hydrogen-bond acceptors (Lipinski definition) is 7. The highest BCUT2D eigenvalue weighted by molar-refractivity contribution is 7.80. The molecule has 1 aliphatic carbocycles. The van der Waals surface area contributed by atoms with Crippen LogP contribution in [0.25, 0.3) is 11.1 Å². The summed E-state index contributed by atoms with van der Waals surface area (Å²) in [6.45, 7) is 1.60. The molecule has 0 spiro atoms. The first-order valence-electron chi connectivity index (χ1n) is 13.2. The van der Waals surface area contributed by atoms with Crippen molar-refractivity contribution in [2.24, 2.45) is 5.92 Å². The summed E-state index contributed by atoms with van der Waals surface area (Å²) in [6, 6.07) is 13.5. The fourth-order valence-electron chi connectivity index (χ4n) is 4.87. The van der Waals surface area contributed by atoms with Gasteiger partial charge in [-0.3, -0.25) is 14.4 Å². The predicted octanol–water partition coefficient (Wildman–Crippen LogP) is 3.63. The van der Waals surface area contributed by atoms with Crippen molar-refractivity contribution in [1.82, 2.24) is 10.6 Å². The minimum absolute atomic E-state index is 0.0466. The van der Waals surface area contributed by atoms with Gasteiger partial charge in [-0.1, -0.05) is 55.5 Å². The average Bonchev–Trinajstić information content (AvgIpc) is 3.25. The van der Waals surface area contributed by atoms with Crippen molar-refractivity contribution < 1.29 is 38.9 Å². The number of benzene rings is 2. The van der Waals surface area contributed by atoms with Gasteiger partial charge in [0.05, 0.1) is 18.4 Å². The zero-order chi connectivity index (χ0) is 29.2. The molecule has 2 amide bonds. The first kappa shape index (κ1) is 30.7. The van der Waals surface area contributed by atoms with Crippen LogP contribution in [0.5, 0.6) is 0 Å². The lowest BCUT2D eigenvalue weighted by atomic mass is 9.92. The molecule has 11 heteroatoms. The van der Waals surface area contributed by atoms with E-state index in [0.717, 1.165) is 22.3 Å². The number of ether oxygens (including phenoxy) is 1. The lowest BCUT2D eigenvalue weighted by Gasteiger charge is -2.22. The van der Waals surface area contributed by atoms with Crippen molar-refractivity contribution in [2.75, 3.05) is 12.4 Å². The lowest BCUT2D eigenvalue weighted by molar-refractivity contribution is -0.144. The van der Waals surface area contributed by atoms with Crippen LogP contribution in [-0.2, 0) is 23.9 Å². The first-order chi connectivity index (χ1) is 19.2. The third kappa shape index (κ3) is 7.84. The van der Waals surface area contributed by atoms with Crippen LogP contribution in [0, 0.1) is 5.92 Å². The van der Waals surface area contributed by atoms with E-state index in [4.69, 9.17) is 4.74 Å². The van der Waals surface area contributed by atoms with Gasteiger partial charge >= 0.3 is 18.0 Å². The molecular weight excluding hydrogens is 536 g/mol. The van der Waals surface area contributed by atoms with Gasteiger partial charge in [-0.25, -0.2) is 9.59 Å². The van der Waals surface area contributed by atoms with Crippen LogP contribution in [0.15, 0.2) is 48.5 Å². The molecule has 3 rings (SSSR count). The van der Waals surface area contributed by atoms with Crippen LogP contribution < -0.4 is 10.6 Å². The van der Waals surface area contributed by atoms with Crippen molar-refractivity contribution in [1.29, 1.82) is 0 Å². The number of thiol groups is 1. The minimum atomic E-state index is -1.31. The number of Topliss-reactive ketones (excluding diaryl/α,β-unsaturated/α-hetero) is 1. The summed E-state index contributed by atoms with van der Waals surface area (Å²) in [6.07, 6.45) is -1.21. The van der Waals surface area contributed by atoms with Gasteiger partial charge in [-0.15, -0.1) is 0 Å². The van der Waals surface area contributed by atoms with E-state index in [1.807, 2.05) is 48.5 Å². The molecule has 1 aliphatic rings. The Morgan fingerprint density at radius 3 is 2.02 bits per heavy atom. The van der Waals surface area contributed by atoms with Crippen molar-refractivity contribution in [3.63, 3.8) is 0 Å². The molecule has 3 atom stereocenters. The molecule has 2 aromatic rings. The number of ketones is 1. The van der Waals surface area contributed by atoms with E-state index in [0.29, 0.717) is 12.2 Å². The second-order valence-electron chi connectivity index (χ2n) is 9.66. The number of aliphatic carboxylic acids is 2. The summed E-state index contributed by atoms with van der Waals surface area (Å²) in [5, 5.41) is 23.4. The van der Waals surface area contributed by atoms with Crippen molar-refractivity contribution in [3.8, 4) is 11.1 Å². The third-order valence-corrected chi connectivity index (χ3v) is 7.25. The maximum absolute atomic E-state index is 13.2. The number of carbonyl (C=O) groups excluding carboxylic acids is 3. The molecular formula is C29H34N2O8S. The Kier molecular flexibility index (Phi) is 11.1. The van der Waals surface area contributed by atoms with E-state index in [2.05, 4.69) is 23.3 Å². The Bertz CT molecular complexity index is 1200. The van der Waals surface area contributed by atoms with Gasteiger partial charge in [0, 0.05) is 12.3 Å². The molecule has 10 nitrogen and oxygen atoms in total. The van der Waals surface area contributed by atoms with Gasteiger partial charge in [0.25, 0.3) is 0 Å². The molecule has 0 aliphatic heterocycles. The quantitative estimate of drug-likeness (QED) is 0.203. The number of hydrogen-bond donors (Lipinski definition) is 5. The van der Waals surface area contributed by atoms with Crippen molar-refractivity contribution in [2.45, 2.75) is 57.0 Å². The van der Waals surface area contributed by atoms with Crippen LogP contribution in [-0.4, -0.2) is 64.4 Å². The van der Waals surface area contributed by atoms with Crippen LogP contribution in [0.3, 0.4) is 0 Å². The van der Waals surface area contributed by atoms with Gasteiger partial charge in [0.2, 0.25) is 5.91 Å². The highest BCUT2D eigenvalue weighted by Gasteiger charge is 2.32. The van der Waals surface area contributed by atoms with E-state index in [-0.39, 0.29) is 25.4 Å². The lowest BCUT2D eigenvalue weighted by Crippen LogP contribution is -2.46. The molecule has 2 aromatic carbocycles. The van der Waals surface area contributed by atoms with Gasteiger partial charge in [-0.2, -0.15) is 12.6 Å². The molecule has 0 bridgehead atoms. The number of carboxylic acids is 2. The Labute approximate surface area is 237 Å². The summed E-state index contributed by atoms with van der Waals surface area (Å²) < 4.78 is 5.55. The standard InChI is InChI=1S/C29H34N2O8S/c1-2-23(28(36)37)30-27(35)17(15-26(33)34)14-25(32)24(12-7-13-40)31-29(38)39-16-22-20-10-5-3-8-18(20)19-9-4-6-11-21(19)22/h3-6,8-11,17,22-24,40H,2,7,12-16H2,1H3,(H,30,35)(H,31,38)(H,33,34)(H,36,37). The van der Waals surface area contributed by atoms with E-state index in [9.17, 15) is 34.2 Å². The third-order valence-electron chi connectivity index (χ3n) is 6.94. The summed E-state index contributed by atoms with van der Waals surface area (Å²) >= 11 is 4.17. The van der Waals surface area contributed by atoms with Gasteiger partial charge < -0.3 is 25.6 Å². The molecule has 0 fully saturated rings. The monoisotopic (exact) mass is 570 g/mol. The SMILES string of the molecule is CCC(NC(=O)C(CC(=O)O)CC(=O)C(CCCS)NC(=O)OCC1c2ccccc2-c2ccccc21)C(=O)O. The van der Waals surface area contributed by atoms with Crippen LogP contribution >= 0.6 is 12.6 Å². The van der Waals surface area contributed by atoms with Gasteiger partial charge in [0.1, 0.15) is 12.6 Å². The molecule has 4 N–H and O–H groups in total. The molecule has 0 radical (unpaired) electrons.